The number of nitrogens with one attached hydrogen (secondary N) is 2. The molecule has 0 aliphatic heterocycles. The summed E-state index contributed by atoms with van der Waals surface area (Å²) in [6, 6.07) is 18.6. The summed E-state index contributed by atoms with van der Waals surface area (Å²) < 4.78 is 12.2. The Morgan fingerprint density at radius 2 is 1.76 bits per heavy atom. The number of rotatable bonds is 9. The predicted molar refractivity (Wildman–Crippen MR) is 154 cm³/mol. The van der Waals surface area contributed by atoms with Crippen LogP contribution in [0, 0.1) is 35.7 Å². The average Bonchev–Trinajstić information content (AvgIpc) is 2.84. The van der Waals surface area contributed by atoms with Crippen LogP contribution in [0.2, 0.25) is 0 Å². The van der Waals surface area contributed by atoms with Crippen molar-refractivity contribution >= 4 is 51.9 Å². The van der Waals surface area contributed by atoms with Crippen LogP contribution >= 0.6 is 22.6 Å². The van der Waals surface area contributed by atoms with E-state index in [1.54, 1.807) is 12.1 Å². The second kappa shape index (κ2) is 12.9. The van der Waals surface area contributed by atoms with E-state index in [1.807, 2.05) is 76.2 Å². The molecule has 0 spiro atoms. The highest BCUT2D eigenvalue weighted by molar-refractivity contribution is 14.1. The van der Waals surface area contributed by atoms with Crippen molar-refractivity contribution in [3.05, 3.63) is 86.0 Å². The molecule has 3 rings (SSSR count). The van der Waals surface area contributed by atoms with Crippen molar-refractivity contribution in [3.8, 4) is 17.6 Å². The second-order valence-electron chi connectivity index (χ2n) is 8.41. The molecule has 0 aliphatic carbocycles. The first-order chi connectivity index (χ1) is 17.7. The number of hydrogen-bond acceptors (Lipinski definition) is 5. The maximum atomic E-state index is 12.8. The number of nitriles is 1. The molecule has 3 aromatic rings. The van der Waals surface area contributed by atoms with Crippen molar-refractivity contribution in [2.75, 3.05) is 23.8 Å². The molecule has 0 heterocycles. The van der Waals surface area contributed by atoms with E-state index in [2.05, 4.69) is 33.2 Å². The second-order valence-corrected chi connectivity index (χ2v) is 9.57. The van der Waals surface area contributed by atoms with E-state index < -0.39 is 5.91 Å². The van der Waals surface area contributed by atoms with Gasteiger partial charge < -0.3 is 20.1 Å². The lowest BCUT2D eigenvalue weighted by molar-refractivity contribution is -0.118. The first-order valence-electron chi connectivity index (χ1n) is 11.7. The van der Waals surface area contributed by atoms with Gasteiger partial charge in [-0.3, -0.25) is 9.59 Å². The molecule has 7 nitrogen and oxygen atoms in total. The fourth-order valence-electron chi connectivity index (χ4n) is 3.59. The lowest BCUT2D eigenvalue weighted by Gasteiger charge is -2.15. The zero-order valence-electron chi connectivity index (χ0n) is 21.1. The fourth-order valence-corrected chi connectivity index (χ4v) is 4.37. The number of carbonyl (C=O) groups excluding carboxylic acids is 2. The van der Waals surface area contributed by atoms with Crippen molar-refractivity contribution in [2.24, 2.45) is 0 Å². The molecular weight excluding hydrogens is 581 g/mol. The molecular formula is C29H28IN3O4. The molecule has 3 aromatic carbocycles. The SMILES string of the molecule is CCOc1cc(/C=C(\C#N)C(=O)Nc2ccc(C)cc2C)cc(I)c1OCC(=O)Nc1cccc(C)c1. The Labute approximate surface area is 230 Å². The largest absolute Gasteiger partial charge is 0.490 e. The van der Waals surface area contributed by atoms with Crippen molar-refractivity contribution in [2.45, 2.75) is 27.7 Å². The minimum absolute atomic E-state index is 0.0515. The van der Waals surface area contributed by atoms with E-state index in [-0.39, 0.29) is 18.1 Å². The molecule has 0 atom stereocenters. The number of halogens is 1. The highest BCUT2D eigenvalue weighted by Gasteiger charge is 2.16. The Hall–Kier alpha value is -3.84. The summed E-state index contributed by atoms with van der Waals surface area (Å²) in [7, 11) is 0. The van der Waals surface area contributed by atoms with E-state index in [1.165, 1.54) is 6.08 Å². The number of benzene rings is 3. The number of nitrogens with zero attached hydrogens (tertiary/aromatic N) is 1. The van der Waals surface area contributed by atoms with Gasteiger partial charge in [0.05, 0.1) is 10.2 Å². The van der Waals surface area contributed by atoms with Crippen molar-refractivity contribution in [3.63, 3.8) is 0 Å². The minimum atomic E-state index is -0.504. The normalized spacial score (nSPS) is 10.9. The third kappa shape index (κ3) is 7.82. The molecule has 0 bridgehead atoms. The summed E-state index contributed by atoms with van der Waals surface area (Å²) in [5, 5.41) is 15.3. The van der Waals surface area contributed by atoms with Crippen LogP contribution in [0.25, 0.3) is 6.08 Å². The summed E-state index contributed by atoms with van der Waals surface area (Å²) in [5.74, 6) is 0.0199. The number of hydrogen-bond donors (Lipinski definition) is 2. The van der Waals surface area contributed by atoms with Gasteiger partial charge in [0.2, 0.25) is 0 Å². The van der Waals surface area contributed by atoms with Gasteiger partial charge in [-0.05, 0) is 103 Å². The standard InChI is InChI=1S/C29H28IN3O4/c1-5-36-26-15-21(13-22(16-31)29(35)33-25-10-9-19(3)11-20(25)4)14-24(30)28(26)37-17-27(34)32-23-8-6-7-18(2)12-23/h6-15H,5,17H2,1-4H3,(H,32,34)(H,33,35)/b22-13+. The van der Waals surface area contributed by atoms with Crippen LogP contribution in [0.15, 0.2) is 60.2 Å². The number of ether oxygens (including phenoxy) is 2. The summed E-state index contributed by atoms with van der Waals surface area (Å²) in [5.41, 5.74) is 4.91. The lowest BCUT2D eigenvalue weighted by Crippen LogP contribution is -2.20. The monoisotopic (exact) mass is 609 g/mol. The van der Waals surface area contributed by atoms with Gasteiger partial charge >= 0.3 is 0 Å². The van der Waals surface area contributed by atoms with Crippen LogP contribution in [-0.4, -0.2) is 25.0 Å². The fraction of sp³-hybridized carbons (Fsp3) is 0.207. The van der Waals surface area contributed by atoms with E-state index in [0.29, 0.717) is 38.6 Å². The Morgan fingerprint density at radius 3 is 2.43 bits per heavy atom. The van der Waals surface area contributed by atoms with Crippen molar-refractivity contribution in [1.82, 2.24) is 0 Å². The Bertz CT molecular complexity index is 1390. The van der Waals surface area contributed by atoms with Crippen LogP contribution < -0.4 is 20.1 Å². The lowest BCUT2D eigenvalue weighted by atomic mass is 10.1. The Morgan fingerprint density at radius 1 is 1.00 bits per heavy atom. The van der Waals surface area contributed by atoms with Crippen LogP contribution in [0.3, 0.4) is 0 Å². The summed E-state index contributed by atoms with van der Waals surface area (Å²) in [4.78, 5) is 25.2. The maximum Gasteiger partial charge on any atom is 0.266 e. The van der Waals surface area contributed by atoms with E-state index in [9.17, 15) is 14.9 Å². The van der Waals surface area contributed by atoms with E-state index in [0.717, 1.165) is 16.7 Å². The van der Waals surface area contributed by atoms with E-state index in [4.69, 9.17) is 9.47 Å². The molecule has 37 heavy (non-hydrogen) atoms. The van der Waals surface area contributed by atoms with Gasteiger partial charge in [0.1, 0.15) is 11.6 Å². The van der Waals surface area contributed by atoms with Gasteiger partial charge in [-0.1, -0.05) is 29.8 Å². The van der Waals surface area contributed by atoms with Gasteiger partial charge in [0, 0.05) is 11.4 Å². The Balaban J connectivity index is 1.78. The summed E-state index contributed by atoms with van der Waals surface area (Å²) in [6.45, 7) is 7.81. The van der Waals surface area contributed by atoms with Gasteiger partial charge in [0.25, 0.3) is 11.8 Å². The smallest absolute Gasteiger partial charge is 0.266 e. The molecule has 0 fully saturated rings. The molecule has 0 radical (unpaired) electrons. The van der Waals surface area contributed by atoms with Crippen LogP contribution in [0.1, 0.15) is 29.2 Å². The third-order valence-electron chi connectivity index (χ3n) is 5.29. The van der Waals surface area contributed by atoms with Gasteiger partial charge in [-0.15, -0.1) is 0 Å². The van der Waals surface area contributed by atoms with E-state index >= 15 is 0 Å². The number of carbonyl (C=O) groups is 2. The molecule has 0 saturated heterocycles. The maximum absolute atomic E-state index is 12.8. The first kappa shape index (κ1) is 27.7. The van der Waals surface area contributed by atoms with Crippen molar-refractivity contribution < 1.29 is 19.1 Å². The average molecular weight is 609 g/mol. The third-order valence-corrected chi connectivity index (χ3v) is 6.09. The number of amides is 2. The summed E-state index contributed by atoms with van der Waals surface area (Å²) in [6.07, 6.45) is 1.50. The number of aryl methyl sites for hydroxylation is 3. The molecule has 0 aromatic heterocycles. The van der Waals surface area contributed by atoms with Gasteiger partial charge in [-0.2, -0.15) is 5.26 Å². The van der Waals surface area contributed by atoms with Crippen molar-refractivity contribution in [1.29, 1.82) is 5.26 Å². The topological polar surface area (TPSA) is 100 Å². The highest BCUT2D eigenvalue weighted by Crippen LogP contribution is 2.35. The molecule has 190 valence electrons. The zero-order chi connectivity index (χ0) is 26.9. The van der Waals surface area contributed by atoms with Crippen LogP contribution in [-0.2, 0) is 9.59 Å². The quantitative estimate of drug-likeness (QED) is 0.172. The molecule has 2 amide bonds. The zero-order valence-corrected chi connectivity index (χ0v) is 23.3. The van der Waals surface area contributed by atoms with Crippen LogP contribution in [0.5, 0.6) is 11.5 Å². The minimum Gasteiger partial charge on any atom is -0.490 e. The first-order valence-corrected chi connectivity index (χ1v) is 12.7. The molecule has 2 N–H and O–H groups in total. The molecule has 0 saturated carbocycles. The molecule has 8 heteroatoms. The highest BCUT2D eigenvalue weighted by atomic mass is 127. The summed E-state index contributed by atoms with van der Waals surface area (Å²) >= 11 is 2.08. The van der Waals surface area contributed by atoms with Crippen LogP contribution in [0.4, 0.5) is 11.4 Å². The predicted octanol–water partition coefficient (Wildman–Crippen LogP) is 6.18. The molecule has 0 aliphatic rings. The van der Waals surface area contributed by atoms with Gasteiger partial charge in [-0.25, -0.2) is 0 Å². The van der Waals surface area contributed by atoms with Gasteiger partial charge in [0.15, 0.2) is 18.1 Å². The Kier molecular flexibility index (Phi) is 9.69. The molecule has 0 unspecified atom stereocenters. The number of anilines is 2.